The lowest BCUT2D eigenvalue weighted by molar-refractivity contribution is 1.11. The number of fused-ring (bicyclic) bond motifs is 3. The standard InChI is InChI=1S/C52H35N3/c1-4-15-36(16-5-1)40-19-12-21-42(33-40)38-29-31-39(32-30-38)51-53-50(49-47-27-10-11-28-48(47)55(52(49)54-51)46-25-8-3-9-26-46)45-24-14-23-44(35-45)43-22-13-20-41(34-43)37-17-6-2-7-18-37/h1-35H. The Morgan fingerprint density at radius 3 is 1.31 bits per heavy atom. The van der Waals surface area contributed by atoms with Crippen molar-refractivity contribution in [2.24, 2.45) is 0 Å². The van der Waals surface area contributed by atoms with E-state index < -0.39 is 0 Å². The van der Waals surface area contributed by atoms with Gasteiger partial charge in [0.1, 0.15) is 5.65 Å². The molecule has 10 rings (SSSR count). The van der Waals surface area contributed by atoms with Crippen LogP contribution in [0.5, 0.6) is 0 Å². The fourth-order valence-corrected chi connectivity index (χ4v) is 7.70. The molecule has 0 spiro atoms. The molecule has 0 radical (unpaired) electrons. The summed E-state index contributed by atoms with van der Waals surface area (Å²) in [5.74, 6) is 0.684. The number of hydrogen-bond donors (Lipinski definition) is 0. The molecule has 0 N–H and O–H groups in total. The zero-order chi connectivity index (χ0) is 36.6. The number of benzene rings is 8. The van der Waals surface area contributed by atoms with Crippen LogP contribution in [-0.4, -0.2) is 14.5 Å². The Morgan fingerprint density at radius 2 is 0.727 bits per heavy atom. The van der Waals surface area contributed by atoms with Crippen LogP contribution >= 0.6 is 0 Å². The summed E-state index contributed by atoms with van der Waals surface area (Å²) in [6.07, 6.45) is 0. The monoisotopic (exact) mass is 701 g/mol. The largest absolute Gasteiger partial charge is 0.294 e. The molecule has 0 saturated carbocycles. The lowest BCUT2D eigenvalue weighted by Crippen LogP contribution is -1.99. The Hall–Kier alpha value is -7.36. The van der Waals surface area contributed by atoms with Gasteiger partial charge in [-0.1, -0.05) is 176 Å². The van der Waals surface area contributed by atoms with E-state index in [1.165, 1.54) is 27.8 Å². The van der Waals surface area contributed by atoms with Crippen molar-refractivity contribution in [3.8, 4) is 72.8 Å². The maximum Gasteiger partial charge on any atom is 0.162 e. The minimum Gasteiger partial charge on any atom is -0.294 e. The number of rotatable bonds is 7. The molecule has 3 nitrogen and oxygen atoms in total. The zero-order valence-electron chi connectivity index (χ0n) is 30.0. The molecule has 2 heterocycles. The summed E-state index contributed by atoms with van der Waals surface area (Å²) >= 11 is 0. The minimum atomic E-state index is 0.684. The summed E-state index contributed by atoms with van der Waals surface area (Å²) in [5, 5.41) is 2.15. The van der Waals surface area contributed by atoms with Crippen molar-refractivity contribution in [2.75, 3.05) is 0 Å². The lowest BCUT2D eigenvalue weighted by Gasteiger charge is -2.12. The van der Waals surface area contributed by atoms with Gasteiger partial charge >= 0.3 is 0 Å². The van der Waals surface area contributed by atoms with Crippen LogP contribution in [0.1, 0.15) is 0 Å². The zero-order valence-corrected chi connectivity index (χ0v) is 30.0. The molecule has 0 bridgehead atoms. The summed E-state index contributed by atoms with van der Waals surface area (Å²) in [4.78, 5) is 10.8. The first kappa shape index (κ1) is 32.3. The van der Waals surface area contributed by atoms with E-state index in [9.17, 15) is 0 Å². The van der Waals surface area contributed by atoms with Crippen LogP contribution in [0.2, 0.25) is 0 Å². The topological polar surface area (TPSA) is 30.7 Å². The molecule has 0 saturated heterocycles. The molecular weight excluding hydrogens is 667 g/mol. The van der Waals surface area contributed by atoms with E-state index in [2.05, 4.69) is 217 Å². The van der Waals surface area contributed by atoms with Crippen molar-refractivity contribution in [1.29, 1.82) is 0 Å². The Bertz CT molecular complexity index is 2950. The van der Waals surface area contributed by atoms with Gasteiger partial charge in [-0.25, -0.2) is 9.97 Å². The molecule has 258 valence electrons. The van der Waals surface area contributed by atoms with Gasteiger partial charge < -0.3 is 0 Å². The second kappa shape index (κ2) is 13.9. The second-order valence-corrected chi connectivity index (χ2v) is 13.8. The predicted molar refractivity (Wildman–Crippen MR) is 229 cm³/mol. The molecule has 0 unspecified atom stereocenters. The van der Waals surface area contributed by atoms with Gasteiger partial charge in [0, 0.05) is 22.2 Å². The highest BCUT2D eigenvalue weighted by Gasteiger charge is 2.21. The van der Waals surface area contributed by atoms with E-state index in [0.717, 1.165) is 61.1 Å². The normalized spacial score (nSPS) is 11.3. The average Bonchev–Trinajstić information content (AvgIpc) is 3.61. The van der Waals surface area contributed by atoms with Gasteiger partial charge in [0.25, 0.3) is 0 Å². The molecule has 0 aliphatic carbocycles. The van der Waals surface area contributed by atoms with Crippen molar-refractivity contribution >= 4 is 21.9 Å². The maximum absolute atomic E-state index is 5.43. The van der Waals surface area contributed by atoms with Crippen LogP contribution in [-0.2, 0) is 0 Å². The molecule has 0 atom stereocenters. The van der Waals surface area contributed by atoms with Crippen LogP contribution in [0.15, 0.2) is 212 Å². The predicted octanol–water partition coefficient (Wildman–Crippen LogP) is 13.6. The van der Waals surface area contributed by atoms with Gasteiger partial charge in [0.15, 0.2) is 5.82 Å². The van der Waals surface area contributed by atoms with Crippen molar-refractivity contribution in [3.05, 3.63) is 212 Å². The summed E-state index contributed by atoms with van der Waals surface area (Å²) in [5.41, 5.74) is 15.3. The third-order valence-corrected chi connectivity index (χ3v) is 10.4. The molecule has 0 aliphatic heterocycles. The number of para-hydroxylation sites is 2. The van der Waals surface area contributed by atoms with Gasteiger partial charge in [-0.2, -0.15) is 0 Å². The third kappa shape index (κ3) is 6.08. The van der Waals surface area contributed by atoms with Gasteiger partial charge in [0.2, 0.25) is 0 Å². The Balaban J connectivity index is 1.14. The minimum absolute atomic E-state index is 0.684. The average molecular weight is 702 g/mol. The quantitative estimate of drug-likeness (QED) is 0.166. The molecular formula is C52H35N3. The maximum atomic E-state index is 5.43. The smallest absolute Gasteiger partial charge is 0.162 e. The highest BCUT2D eigenvalue weighted by molar-refractivity contribution is 6.14. The van der Waals surface area contributed by atoms with Crippen molar-refractivity contribution < 1.29 is 0 Å². The molecule has 55 heavy (non-hydrogen) atoms. The van der Waals surface area contributed by atoms with Crippen LogP contribution in [0.4, 0.5) is 0 Å². The van der Waals surface area contributed by atoms with Crippen molar-refractivity contribution in [2.45, 2.75) is 0 Å². The molecule has 0 fully saturated rings. The van der Waals surface area contributed by atoms with E-state index in [1.807, 2.05) is 0 Å². The van der Waals surface area contributed by atoms with Crippen LogP contribution in [0, 0.1) is 0 Å². The first-order valence-corrected chi connectivity index (χ1v) is 18.7. The molecule has 10 aromatic rings. The van der Waals surface area contributed by atoms with Crippen molar-refractivity contribution in [3.63, 3.8) is 0 Å². The fraction of sp³-hybridized carbons (Fsp3) is 0. The van der Waals surface area contributed by atoms with E-state index in [0.29, 0.717) is 5.82 Å². The van der Waals surface area contributed by atoms with Gasteiger partial charge in [0.05, 0.1) is 16.6 Å². The summed E-state index contributed by atoms with van der Waals surface area (Å²) in [7, 11) is 0. The lowest BCUT2D eigenvalue weighted by atomic mass is 9.96. The van der Waals surface area contributed by atoms with E-state index in [-0.39, 0.29) is 0 Å². The second-order valence-electron chi connectivity index (χ2n) is 13.8. The van der Waals surface area contributed by atoms with Crippen LogP contribution in [0.3, 0.4) is 0 Å². The SMILES string of the molecule is c1ccc(-c2cccc(-c3ccc(-c4nc(-c5cccc(-c6cccc(-c7ccccc7)c6)c5)c5c6ccccc6n(-c6ccccc6)c5n4)cc3)c2)cc1. The molecule has 8 aromatic carbocycles. The summed E-state index contributed by atoms with van der Waals surface area (Å²) < 4.78 is 2.27. The van der Waals surface area contributed by atoms with Gasteiger partial charge in [-0.05, 0) is 80.9 Å². The molecule has 3 heteroatoms. The highest BCUT2D eigenvalue weighted by atomic mass is 15.1. The summed E-state index contributed by atoms with van der Waals surface area (Å²) in [6.45, 7) is 0. The van der Waals surface area contributed by atoms with Crippen LogP contribution < -0.4 is 0 Å². The van der Waals surface area contributed by atoms with E-state index in [1.54, 1.807) is 0 Å². The van der Waals surface area contributed by atoms with E-state index in [4.69, 9.17) is 9.97 Å². The number of aromatic nitrogens is 3. The number of nitrogens with zero attached hydrogens (tertiary/aromatic N) is 3. The van der Waals surface area contributed by atoms with Crippen molar-refractivity contribution in [1.82, 2.24) is 14.5 Å². The Kier molecular flexibility index (Phi) is 8.16. The van der Waals surface area contributed by atoms with E-state index >= 15 is 0 Å². The Labute approximate surface area is 320 Å². The third-order valence-electron chi connectivity index (χ3n) is 10.4. The highest BCUT2D eigenvalue weighted by Crippen LogP contribution is 2.39. The molecule has 0 aliphatic rings. The molecule has 0 amide bonds. The first-order chi connectivity index (χ1) is 27.3. The number of hydrogen-bond acceptors (Lipinski definition) is 2. The fourth-order valence-electron chi connectivity index (χ4n) is 7.70. The van der Waals surface area contributed by atoms with Crippen LogP contribution in [0.25, 0.3) is 94.8 Å². The molecule has 2 aromatic heterocycles. The first-order valence-electron chi connectivity index (χ1n) is 18.7. The Morgan fingerprint density at radius 1 is 0.309 bits per heavy atom. The van der Waals surface area contributed by atoms with Gasteiger partial charge in [-0.15, -0.1) is 0 Å². The summed E-state index contributed by atoms with van der Waals surface area (Å²) in [6, 6.07) is 75.1. The van der Waals surface area contributed by atoms with Gasteiger partial charge in [-0.3, -0.25) is 4.57 Å².